The predicted molar refractivity (Wildman–Crippen MR) is 72.8 cm³/mol. The van der Waals surface area contributed by atoms with Crippen LogP contribution in [0.4, 0.5) is 0 Å². The third-order valence-electron chi connectivity index (χ3n) is 3.28. The zero-order chi connectivity index (χ0) is 12.8. The number of benzene rings is 1. The van der Waals surface area contributed by atoms with Crippen molar-refractivity contribution in [2.45, 2.75) is 39.7 Å². The summed E-state index contributed by atoms with van der Waals surface area (Å²) in [5.41, 5.74) is 8.63. The van der Waals surface area contributed by atoms with E-state index in [4.69, 9.17) is 5.73 Å². The van der Waals surface area contributed by atoms with Crippen LogP contribution < -0.4 is 5.73 Å². The Labute approximate surface area is 105 Å². The Hall–Kier alpha value is -0.860. The summed E-state index contributed by atoms with van der Waals surface area (Å²) < 4.78 is 0. The van der Waals surface area contributed by atoms with Gasteiger partial charge in [0.1, 0.15) is 0 Å². The summed E-state index contributed by atoms with van der Waals surface area (Å²) in [5.74, 6) is 0.835. The van der Waals surface area contributed by atoms with E-state index < -0.39 is 0 Å². The molecule has 0 aliphatic heterocycles. The van der Waals surface area contributed by atoms with Crippen LogP contribution in [-0.4, -0.2) is 11.7 Å². The fourth-order valence-electron chi connectivity index (χ4n) is 2.12. The van der Waals surface area contributed by atoms with E-state index >= 15 is 0 Å². The van der Waals surface area contributed by atoms with Crippen LogP contribution in [0.15, 0.2) is 24.3 Å². The van der Waals surface area contributed by atoms with Crippen molar-refractivity contribution < 1.29 is 5.11 Å². The molecular formula is C15H25NO. The lowest BCUT2D eigenvalue weighted by molar-refractivity contribution is 0.200. The lowest BCUT2D eigenvalue weighted by Gasteiger charge is -2.21. The van der Waals surface area contributed by atoms with Crippen LogP contribution in [0.5, 0.6) is 0 Å². The molecule has 0 spiro atoms. The highest BCUT2D eigenvalue weighted by molar-refractivity contribution is 5.25. The molecule has 0 radical (unpaired) electrons. The molecule has 0 fully saturated rings. The summed E-state index contributed by atoms with van der Waals surface area (Å²) in [7, 11) is 0. The first-order valence-electron chi connectivity index (χ1n) is 6.53. The monoisotopic (exact) mass is 235 g/mol. The van der Waals surface area contributed by atoms with Gasteiger partial charge in [-0.05, 0) is 29.9 Å². The Morgan fingerprint density at radius 3 is 2.18 bits per heavy atom. The average molecular weight is 235 g/mol. The second-order valence-electron chi connectivity index (χ2n) is 5.22. The maximum absolute atomic E-state index is 9.25. The van der Waals surface area contributed by atoms with Crippen molar-refractivity contribution in [1.29, 1.82) is 0 Å². The summed E-state index contributed by atoms with van der Waals surface area (Å²) in [5, 5.41) is 9.25. The van der Waals surface area contributed by atoms with Gasteiger partial charge >= 0.3 is 0 Å². The Balaban J connectivity index is 2.72. The van der Waals surface area contributed by atoms with Crippen LogP contribution in [-0.2, 0) is 6.42 Å². The molecule has 0 aliphatic rings. The normalized spacial score (nSPS) is 14.9. The molecule has 1 aromatic rings. The fraction of sp³-hybridized carbons (Fsp3) is 0.600. The van der Waals surface area contributed by atoms with Crippen LogP contribution in [0.25, 0.3) is 0 Å². The van der Waals surface area contributed by atoms with Crippen molar-refractivity contribution in [1.82, 2.24) is 0 Å². The molecule has 0 bridgehead atoms. The summed E-state index contributed by atoms with van der Waals surface area (Å²) >= 11 is 0. The number of nitrogens with two attached hydrogens (primary N) is 1. The topological polar surface area (TPSA) is 46.2 Å². The van der Waals surface area contributed by atoms with E-state index in [1.807, 2.05) is 0 Å². The number of hydrogen-bond acceptors (Lipinski definition) is 2. The molecule has 1 aromatic carbocycles. The van der Waals surface area contributed by atoms with Crippen molar-refractivity contribution in [3.05, 3.63) is 35.4 Å². The van der Waals surface area contributed by atoms with E-state index in [0.29, 0.717) is 5.92 Å². The third kappa shape index (κ3) is 4.14. The second-order valence-corrected chi connectivity index (χ2v) is 5.22. The molecule has 0 aromatic heterocycles. The second kappa shape index (κ2) is 6.77. The highest BCUT2D eigenvalue weighted by atomic mass is 16.3. The fourth-order valence-corrected chi connectivity index (χ4v) is 2.12. The van der Waals surface area contributed by atoms with Crippen molar-refractivity contribution in [2.75, 3.05) is 6.61 Å². The summed E-state index contributed by atoms with van der Waals surface area (Å²) in [4.78, 5) is 0. The SMILES string of the molecule is CCC(CO)C(N)c1ccc(CC(C)C)cc1. The Morgan fingerprint density at radius 1 is 1.18 bits per heavy atom. The summed E-state index contributed by atoms with van der Waals surface area (Å²) in [6.07, 6.45) is 2.01. The van der Waals surface area contributed by atoms with Crippen LogP contribution in [0.3, 0.4) is 0 Å². The molecular weight excluding hydrogens is 210 g/mol. The molecule has 0 saturated carbocycles. The molecule has 96 valence electrons. The molecule has 17 heavy (non-hydrogen) atoms. The van der Waals surface area contributed by atoms with Gasteiger partial charge in [0, 0.05) is 18.6 Å². The molecule has 2 heteroatoms. The van der Waals surface area contributed by atoms with Gasteiger partial charge in [-0.1, -0.05) is 45.0 Å². The van der Waals surface area contributed by atoms with Gasteiger partial charge in [-0.3, -0.25) is 0 Å². The van der Waals surface area contributed by atoms with Crippen LogP contribution in [0.2, 0.25) is 0 Å². The van der Waals surface area contributed by atoms with Crippen LogP contribution in [0, 0.1) is 11.8 Å². The summed E-state index contributed by atoms with van der Waals surface area (Å²) in [6.45, 7) is 6.66. The number of hydrogen-bond donors (Lipinski definition) is 2. The maximum Gasteiger partial charge on any atom is 0.0477 e. The van der Waals surface area contributed by atoms with Crippen LogP contribution >= 0.6 is 0 Å². The standard InChI is InChI=1S/C15H25NO/c1-4-13(10-17)15(16)14-7-5-12(6-8-14)9-11(2)3/h5-8,11,13,15,17H,4,9-10,16H2,1-3H3. The molecule has 2 atom stereocenters. The smallest absolute Gasteiger partial charge is 0.0477 e. The van der Waals surface area contributed by atoms with E-state index in [2.05, 4.69) is 45.0 Å². The van der Waals surface area contributed by atoms with Gasteiger partial charge in [-0.15, -0.1) is 0 Å². The van der Waals surface area contributed by atoms with Gasteiger partial charge in [-0.2, -0.15) is 0 Å². The van der Waals surface area contributed by atoms with E-state index in [0.717, 1.165) is 18.4 Å². The first-order chi connectivity index (χ1) is 8.08. The van der Waals surface area contributed by atoms with Crippen molar-refractivity contribution in [3.63, 3.8) is 0 Å². The summed E-state index contributed by atoms with van der Waals surface area (Å²) in [6, 6.07) is 8.44. The highest BCUT2D eigenvalue weighted by Gasteiger charge is 2.16. The minimum atomic E-state index is -0.0573. The van der Waals surface area contributed by atoms with Crippen molar-refractivity contribution in [3.8, 4) is 0 Å². The third-order valence-corrected chi connectivity index (χ3v) is 3.28. The Morgan fingerprint density at radius 2 is 1.76 bits per heavy atom. The molecule has 2 nitrogen and oxygen atoms in total. The van der Waals surface area contributed by atoms with Gasteiger partial charge < -0.3 is 10.8 Å². The van der Waals surface area contributed by atoms with Gasteiger partial charge in [0.2, 0.25) is 0 Å². The Kier molecular flexibility index (Phi) is 5.66. The van der Waals surface area contributed by atoms with Gasteiger partial charge in [0.25, 0.3) is 0 Å². The van der Waals surface area contributed by atoms with Gasteiger partial charge in [-0.25, -0.2) is 0 Å². The molecule has 0 amide bonds. The van der Waals surface area contributed by atoms with Crippen molar-refractivity contribution in [2.24, 2.45) is 17.6 Å². The average Bonchev–Trinajstić information content (AvgIpc) is 2.30. The first kappa shape index (κ1) is 14.2. The maximum atomic E-state index is 9.25. The number of aliphatic hydroxyl groups excluding tert-OH is 1. The minimum Gasteiger partial charge on any atom is -0.396 e. The zero-order valence-electron chi connectivity index (χ0n) is 11.2. The number of aliphatic hydroxyl groups is 1. The first-order valence-corrected chi connectivity index (χ1v) is 6.53. The largest absolute Gasteiger partial charge is 0.396 e. The van der Waals surface area contributed by atoms with Crippen molar-refractivity contribution >= 4 is 0 Å². The molecule has 2 unspecified atom stereocenters. The lowest BCUT2D eigenvalue weighted by Crippen LogP contribution is -2.23. The molecule has 0 aliphatic carbocycles. The molecule has 0 saturated heterocycles. The molecule has 3 N–H and O–H groups in total. The van der Waals surface area contributed by atoms with E-state index in [1.165, 1.54) is 5.56 Å². The predicted octanol–water partition coefficient (Wildman–Crippen LogP) is 2.90. The van der Waals surface area contributed by atoms with Crippen LogP contribution in [0.1, 0.15) is 44.4 Å². The van der Waals surface area contributed by atoms with E-state index in [1.54, 1.807) is 0 Å². The number of rotatable bonds is 6. The Bertz CT molecular complexity index is 314. The minimum absolute atomic E-state index is 0.0573. The quantitative estimate of drug-likeness (QED) is 0.796. The van der Waals surface area contributed by atoms with E-state index in [9.17, 15) is 5.11 Å². The molecule has 1 rings (SSSR count). The lowest BCUT2D eigenvalue weighted by atomic mass is 9.91. The van der Waals surface area contributed by atoms with Gasteiger partial charge in [0.05, 0.1) is 0 Å². The van der Waals surface area contributed by atoms with E-state index in [-0.39, 0.29) is 18.6 Å². The highest BCUT2D eigenvalue weighted by Crippen LogP contribution is 2.22. The molecule has 0 heterocycles. The zero-order valence-corrected chi connectivity index (χ0v) is 11.2. The van der Waals surface area contributed by atoms with Gasteiger partial charge in [0.15, 0.2) is 0 Å².